The highest BCUT2D eigenvalue weighted by molar-refractivity contribution is 5.97. The number of fused-ring (bicyclic) bond motifs is 13. The first-order chi connectivity index (χ1) is 32.0. The van der Waals surface area contributed by atoms with Crippen LogP contribution < -0.4 is 4.90 Å². The van der Waals surface area contributed by atoms with E-state index in [1.54, 1.807) is 0 Å². The van der Waals surface area contributed by atoms with E-state index >= 15 is 0 Å². The van der Waals surface area contributed by atoms with E-state index in [0.29, 0.717) is 0 Å². The van der Waals surface area contributed by atoms with Gasteiger partial charge >= 0.3 is 0 Å². The first kappa shape index (κ1) is 37.5. The van der Waals surface area contributed by atoms with Crippen LogP contribution in [-0.2, 0) is 10.8 Å². The van der Waals surface area contributed by atoms with E-state index in [1.165, 1.54) is 100 Å². The standard InChI is InChI=1S/C64H45N/c1-63(2)57-22-12-9-19-51(57)54-37-35-50(41-61(54)63)65(48-31-25-44(26-32-48)42-15-5-3-6-16-42)49-33-27-45(28-34-49)46-30-38-60-56(39-46)53-21-11-14-24-59(53)64(60)58-23-13-10-20-52(58)55-36-29-47(40-62(55)64)43-17-7-4-8-18-43/h3-41H,1-2H3. The number of hydrogen-bond donors (Lipinski definition) is 0. The fourth-order valence-electron chi connectivity index (χ4n) is 11.6. The molecule has 10 aromatic rings. The van der Waals surface area contributed by atoms with Crippen molar-refractivity contribution in [1.82, 2.24) is 0 Å². The Kier molecular flexibility index (Phi) is 8.24. The summed E-state index contributed by atoms with van der Waals surface area (Å²) < 4.78 is 0. The van der Waals surface area contributed by atoms with Gasteiger partial charge in [0.25, 0.3) is 0 Å². The second-order valence-corrected chi connectivity index (χ2v) is 18.4. The summed E-state index contributed by atoms with van der Waals surface area (Å²) in [4.78, 5) is 2.42. The summed E-state index contributed by atoms with van der Waals surface area (Å²) in [7, 11) is 0. The zero-order valence-corrected chi connectivity index (χ0v) is 36.5. The molecule has 3 aliphatic rings. The molecular weight excluding hydrogens is 783 g/mol. The molecule has 1 nitrogen and oxygen atoms in total. The zero-order valence-electron chi connectivity index (χ0n) is 36.5. The Bertz CT molecular complexity index is 3490. The Balaban J connectivity index is 0.923. The molecule has 65 heavy (non-hydrogen) atoms. The smallest absolute Gasteiger partial charge is 0.0725 e. The summed E-state index contributed by atoms with van der Waals surface area (Å²) in [5, 5.41) is 0. The van der Waals surface area contributed by atoms with Crippen LogP contribution in [0.2, 0.25) is 0 Å². The Morgan fingerprint density at radius 3 is 1.26 bits per heavy atom. The minimum atomic E-state index is -0.409. The molecule has 0 saturated heterocycles. The second-order valence-electron chi connectivity index (χ2n) is 18.4. The molecule has 0 fully saturated rings. The molecule has 0 aliphatic heterocycles. The van der Waals surface area contributed by atoms with Gasteiger partial charge in [-0.1, -0.05) is 202 Å². The van der Waals surface area contributed by atoms with Crippen LogP contribution in [0.25, 0.3) is 66.8 Å². The van der Waals surface area contributed by atoms with Crippen molar-refractivity contribution in [3.8, 4) is 66.8 Å². The number of nitrogens with zero attached hydrogens (tertiary/aromatic N) is 1. The molecule has 1 atom stereocenters. The predicted octanol–water partition coefficient (Wildman–Crippen LogP) is 16.8. The van der Waals surface area contributed by atoms with Crippen LogP contribution in [0.3, 0.4) is 0 Å². The molecular formula is C64H45N. The van der Waals surface area contributed by atoms with E-state index in [2.05, 4.69) is 255 Å². The summed E-state index contributed by atoms with van der Waals surface area (Å²) in [6.07, 6.45) is 0. The van der Waals surface area contributed by atoms with E-state index in [4.69, 9.17) is 0 Å². The second kappa shape index (κ2) is 14.3. The Morgan fingerprint density at radius 1 is 0.246 bits per heavy atom. The van der Waals surface area contributed by atoms with Crippen molar-refractivity contribution in [2.24, 2.45) is 0 Å². The van der Waals surface area contributed by atoms with Gasteiger partial charge in [0.2, 0.25) is 0 Å². The van der Waals surface area contributed by atoms with Gasteiger partial charge in [0.05, 0.1) is 5.41 Å². The molecule has 0 saturated carbocycles. The molecule has 1 unspecified atom stereocenters. The molecule has 0 amide bonds. The first-order valence-electron chi connectivity index (χ1n) is 22.8. The fraction of sp³-hybridized carbons (Fsp3) is 0.0625. The van der Waals surface area contributed by atoms with Gasteiger partial charge in [-0.05, 0) is 149 Å². The highest BCUT2D eigenvalue weighted by atomic mass is 15.1. The van der Waals surface area contributed by atoms with E-state index in [1.807, 2.05) is 0 Å². The van der Waals surface area contributed by atoms with Crippen molar-refractivity contribution >= 4 is 17.1 Å². The predicted molar refractivity (Wildman–Crippen MR) is 271 cm³/mol. The fourth-order valence-corrected chi connectivity index (χ4v) is 11.6. The van der Waals surface area contributed by atoms with Crippen molar-refractivity contribution in [1.29, 1.82) is 0 Å². The average molecular weight is 828 g/mol. The van der Waals surface area contributed by atoms with E-state index in [-0.39, 0.29) is 5.41 Å². The SMILES string of the molecule is CC1(C)c2ccccc2-c2ccc(N(c3ccc(-c4ccccc4)cc3)c3ccc(-c4ccc5c(c4)-c4ccccc4C54c5ccccc5-c5ccc(-c6ccccc6)cc54)cc3)cc21. The van der Waals surface area contributed by atoms with E-state index in [0.717, 1.165) is 17.1 Å². The molecule has 0 aromatic heterocycles. The van der Waals surface area contributed by atoms with E-state index < -0.39 is 5.41 Å². The zero-order chi connectivity index (χ0) is 43.3. The molecule has 13 rings (SSSR count). The third kappa shape index (κ3) is 5.52. The molecule has 0 bridgehead atoms. The Labute approximate surface area is 381 Å². The lowest BCUT2D eigenvalue weighted by Gasteiger charge is -2.31. The monoisotopic (exact) mass is 827 g/mol. The van der Waals surface area contributed by atoms with Crippen LogP contribution in [0.5, 0.6) is 0 Å². The lowest BCUT2D eigenvalue weighted by molar-refractivity contribution is 0.660. The van der Waals surface area contributed by atoms with Crippen LogP contribution in [0.1, 0.15) is 47.2 Å². The first-order valence-corrected chi connectivity index (χ1v) is 22.8. The van der Waals surface area contributed by atoms with Gasteiger partial charge in [-0.25, -0.2) is 0 Å². The lowest BCUT2D eigenvalue weighted by atomic mass is 9.70. The number of benzene rings is 10. The summed E-state index contributed by atoms with van der Waals surface area (Å²) in [6, 6.07) is 88.1. The quantitative estimate of drug-likeness (QED) is 0.161. The van der Waals surface area contributed by atoms with Crippen molar-refractivity contribution in [2.75, 3.05) is 4.90 Å². The third-order valence-corrected chi connectivity index (χ3v) is 14.7. The topological polar surface area (TPSA) is 3.24 Å². The third-order valence-electron chi connectivity index (χ3n) is 14.7. The van der Waals surface area contributed by atoms with Crippen molar-refractivity contribution in [3.63, 3.8) is 0 Å². The van der Waals surface area contributed by atoms with Gasteiger partial charge in [-0.15, -0.1) is 0 Å². The van der Waals surface area contributed by atoms with Crippen LogP contribution in [-0.4, -0.2) is 0 Å². The van der Waals surface area contributed by atoms with Crippen LogP contribution in [0.4, 0.5) is 17.1 Å². The highest BCUT2D eigenvalue weighted by Gasteiger charge is 2.51. The highest BCUT2D eigenvalue weighted by Crippen LogP contribution is 2.63. The van der Waals surface area contributed by atoms with Crippen LogP contribution >= 0.6 is 0 Å². The van der Waals surface area contributed by atoms with Gasteiger partial charge < -0.3 is 4.90 Å². The lowest BCUT2D eigenvalue weighted by Crippen LogP contribution is -2.25. The van der Waals surface area contributed by atoms with Crippen molar-refractivity contribution < 1.29 is 0 Å². The van der Waals surface area contributed by atoms with Gasteiger partial charge in [0.15, 0.2) is 0 Å². The van der Waals surface area contributed by atoms with Gasteiger partial charge in [-0.2, -0.15) is 0 Å². The number of hydrogen-bond acceptors (Lipinski definition) is 1. The van der Waals surface area contributed by atoms with E-state index in [9.17, 15) is 0 Å². The van der Waals surface area contributed by atoms with Gasteiger partial charge in [0, 0.05) is 22.5 Å². The molecule has 0 heterocycles. The van der Waals surface area contributed by atoms with Crippen molar-refractivity contribution in [3.05, 3.63) is 270 Å². The Hall–Kier alpha value is -8.00. The molecule has 306 valence electrons. The van der Waals surface area contributed by atoms with Gasteiger partial charge in [0.1, 0.15) is 0 Å². The maximum atomic E-state index is 2.46. The van der Waals surface area contributed by atoms with Crippen molar-refractivity contribution in [2.45, 2.75) is 24.7 Å². The minimum Gasteiger partial charge on any atom is -0.310 e. The molecule has 1 spiro atoms. The molecule has 3 aliphatic carbocycles. The number of anilines is 3. The average Bonchev–Trinajstić information content (AvgIpc) is 3.92. The number of rotatable bonds is 6. The molecule has 1 heteroatoms. The maximum Gasteiger partial charge on any atom is 0.0725 e. The molecule has 0 N–H and O–H groups in total. The molecule has 10 aromatic carbocycles. The largest absolute Gasteiger partial charge is 0.310 e. The Morgan fingerprint density at radius 2 is 0.631 bits per heavy atom. The normalized spacial score (nSPS) is 15.4. The minimum absolute atomic E-state index is 0.105. The summed E-state index contributed by atoms with van der Waals surface area (Å²) in [5.74, 6) is 0. The summed E-state index contributed by atoms with van der Waals surface area (Å²) >= 11 is 0. The van der Waals surface area contributed by atoms with Gasteiger partial charge in [-0.3, -0.25) is 0 Å². The maximum absolute atomic E-state index is 2.46. The summed E-state index contributed by atoms with van der Waals surface area (Å²) in [6.45, 7) is 4.72. The van der Waals surface area contributed by atoms with Crippen LogP contribution in [0.15, 0.2) is 237 Å². The van der Waals surface area contributed by atoms with Crippen LogP contribution in [0, 0.1) is 0 Å². The molecule has 0 radical (unpaired) electrons. The summed E-state index contributed by atoms with van der Waals surface area (Å²) in [5.41, 5.74) is 26.3.